The van der Waals surface area contributed by atoms with Gasteiger partial charge in [0, 0.05) is 25.2 Å². The van der Waals surface area contributed by atoms with Gasteiger partial charge in [0.15, 0.2) is 0 Å². The zero-order valence-corrected chi connectivity index (χ0v) is 11.9. The summed E-state index contributed by atoms with van der Waals surface area (Å²) in [6.07, 6.45) is 5.98. The highest BCUT2D eigenvalue weighted by molar-refractivity contribution is 9.10. The molecule has 3 rings (SSSR count). The first kappa shape index (κ1) is 11.7. The number of imidazole rings is 1. The zero-order valence-electron chi connectivity index (χ0n) is 10.3. The van der Waals surface area contributed by atoms with Crippen molar-refractivity contribution in [3.05, 3.63) is 16.1 Å². The van der Waals surface area contributed by atoms with Crippen molar-refractivity contribution in [2.24, 2.45) is 0 Å². The van der Waals surface area contributed by atoms with Crippen molar-refractivity contribution in [1.82, 2.24) is 9.55 Å². The maximum absolute atomic E-state index is 5.45. The van der Waals surface area contributed by atoms with Gasteiger partial charge in [-0.3, -0.25) is 0 Å². The van der Waals surface area contributed by atoms with Gasteiger partial charge < -0.3 is 9.30 Å². The van der Waals surface area contributed by atoms with E-state index in [1.165, 1.54) is 30.8 Å². The van der Waals surface area contributed by atoms with Crippen molar-refractivity contribution in [2.45, 2.75) is 51.0 Å². The van der Waals surface area contributed by atoms with Crippen molar-refractivity contribution >= 4 is 15.9 Å². The predicted octanol–water partition coefficient (Wildman–Crippen LogP) is 3.44. The molecule has 0 saturated carbocycles. The Balaban J connectivity index is 1.98. The van der Waals surface area contributed by atoms with Gasteiger partial charge in [0.25, 0.3) is 0 Å². The molecule has 0 amide bonds. The van der Waals surface area contributed by atoms with Crippen molar-refractivity contribution in [1.29, 1.82) is 0 Å². The van der Waals surface area contributed by atoms with Crippen LogP contribution in [0.1, 0.15) is 56.1 Å². The second-order valence-corrected chi connectivity index (χ2v) is 5.96. The summed E-state index contributed by atoms with van der Waals surface area (Å²) in [7, 11) is 0. The van der Waals surface area contributed by atoms with E-state index in [2.05, 4.69) is 27.4 Å². The van der Waals surface area contributed by atoms with Crippen LogP contribution in [-0.4, -0.2) is 22.8 Å². The molecule has 17 heavy (non-hydrogen) atoms. The van der Waals surface area contributed by atoms with Gasteiger partial charge in [-0.1, -0.05) is 0 Å². The minimum absolute atomic E-state index is 0.592. The van der Waals surface area contributed by atoms with Crippen LogP contribution in [-0.2, 0) is 11.2 Å². The quantitative estimate of drug-likeness (QED) is 0.794. The molecule has 1 atom stereocenters. The molecule has 0 N–H and O–H groups in total. The monoisotopic (exact) mass is 298 g/mol. The van der Waals surface area contributed by atoms with Gasteiger partial charge in [-0.05, 0) is 55.0 Å². The predicted molar refractivity (Wildman–Crippen MR) is 70.4 cm³/mol. The molecule has 0 radical (unpaired) electrons. The van der Waals surface area contributed by atoms with Gasteiger partial charge in [0.2, 0.25) is 0 Å². The van der Waals surface area contributed by atoms with Crippen LogP contribution in [0, 0.1) is 0 Å². The maximum atomic E-state index is 5.45. The van der Waals surface area contributed by atoms with E-state index in [1.54, 1.807) is 0 Å². The molecule has 0 aliphatic carbocycles. The van der Waals surface area contributed by atoms with Crippen molar-refractivity contribution in [3.8, 4) is 0 Å². The second-order valence-electron chi connectivity index (χ2n) is 5.21. The van der Waals surface area contributed by atoms with Crippen LogP contribution in [0.5, 0.6) is 0 Å². The summed E-state index contributed by atoms with van der Waals surface area (Å²) in [4.78, 5) is 4.79. The molecule has 1 aromatic rings. The molecule has 1 unspecified atom stereocenters. The van der Waals surface area contributed by atoms with Crippen molar-refractivity contribution < 1.29 is 4.74 Å². The third-order valence-corrected chi connectivity index (χ3v) is 4.69. The number of ether oxygens (including phenoxy) is 1. The Bertz CT molecular complexity index is 410. The molecular formula is C13H19BrN2O. The maximum Gasteiger partial charge on any atom is 0.127 e. The van der Waals surface area contributed by atoms with E-state index in [9.17, 15) is 0 Å². The highest BCUT2D eigenvalue weighted by Gasteiger charge is 2.28. The number of rotatable bonds is 1. The molecule has 2 aliphatic heterocycles. The lowest BCUT2D eigenvalue weighted by Gasteiger charge is -2.28. The molecule has 0 spiro atoms. The minimum Gasteiger partial charge on any atom is -0.381 e. The number of hydrogen-bond acceptors (Lipinski definition) is 2. The van der Waals surface area contributed by atoms with E-state index in [0.717, 1.165) is 30.7 Å². The molecule has 0 aromatic carbocycles. The van der Waals surface area contributed by atoms with Crippen LogP contribution < -0.4 is 0 Å². The van der Waals surface area contributed by atoms with Gasteiger partial charge in [-0.25, -0.2) is 4.98 Å². The topological polar surface area (TPSA) is 27.1 Å². The fourth-order valence-corrected chi connectivity index (χ4v) is 3.68. The van der Waals surface area contributed by atoms with E-state index >= 15 is 0 Å². The SMILES string of the molecule is CC1CCCc2c(Br)nc(C3CCOCC3)n21. The highest BCUT2D eigenvalue weighted by Crippen LogP contribution is 2.36. The van der Waals surface area contributed by atoms with E-state index in [4.69, 9.17) is 9.72 Å². The number of aromatic nitrogens is 2. The third-order valence-electron chi connectivity index (χ3n) is 4.05. The number of nitrogens with zero attached hydrogens (tertiary/aromatic N) is 2. The Labute approximate surface area is 111 Å². The van der Waals surface area contributed by atoms with Gasteiger partial charge in [0.1, 0.15) is 10.4 Å². The Hall–Kier alpha value is -0.350. The Morgan fingerprint density at radius 1 is 1.29 bits per heavy atom. The molecule has 94 valence electrons. The lowest BCUT2D eigenvalue weighted by molar-refractivity contribution is 0.0822. The van der Waals surface area contributed by atoms with E-state index < -0.39 is 0 Å². The lowest BCUT2D eigenvalue weighted by Crippen LogP contribution is -2.22. The van der Waals surface area contributed by atoms with Gasteiger partial charge >= 0.3 is 0 Å². The summed E-state index contributed by atoms with van der Waals surface area (Å²) < 4.78 is 9.01. The zero-order chi connectivity index (χ0) is 11.8. The third kappa shape index (κ3) is 2.06. The second kappa shape index (κ2) is 4.73. The standard InChI is InChI=1S/C13H19BrN2O/c1-9-3-2-4-11-12(14)15-13(16(9)11)10-5-7-17-8-6-10/h9-10H,2-8H2,1H3. The van der Waals surface area contributed by atoms with E-state index in [-0.39, 0.29) is 0 Å². The summed E-state index contributed by atoms with van der Waals surface area (Å²) in [5, 5.41) is 0. The van der Waals surface area contributed by atoms with E-state index in [0.29, 0.717) is 12.0 Å². The average molecular weight is 299 g/mol. The molecule has 1 saturated heterocycles. The van der Waals surface area contributed by atoms with E-state index in [1.807, 2.05) is 0 Å². The van der Waals surface area contributed by atoms with Gasteiger partial charge in [-0.15, -0.1) is 0 Å². The van der Waals surface area contributed by atoms with Crippen LogP contribution in [0.15, 0.2) is 4.60 Å². The highest BCUT2D eigenvalue weighted by atomic mass is 79.9. The smallest absolute Gasteiger partial charge is 0.127 e. The Kier molecular flexibility index (Phi) is 3.26. The summed E-state index contributed by atoms with van der Waals surface area (Å²) in [5.41, 5.74) is 1.41. The number of halogens is 1. The first-order valence-corrected chi connectivity index (χ1v) is 7.41. The normalized spacial score (nSPS) is 25.9. The summed E-state index contributed by atoms with van der Waals surface area (Å²) in [5.74, 6) is 1.89. The molecular weight excluding hydrogens is 280 g/mol. The van der Waals surface area contributed by atoms with Crippen LogP contribution in [0.4, 0.5) is 0 Å². The Morgan fingerprint density at radius 2 is 2.06 bits per heavy atom. The van der Waals surface area contributed by atoms with Gasteiger partial charge in [-0.2, -0.15) is 0 Å². The summed E-state index contributed by atoms with van der Waals surface area (Å²) in [6.45, 7) is 4.09. The van der Waals surface area contributed by atoms with Crippen LogP contribution >= 0.6 is 15.9 Å². The van der Waals surface area contributed by atoms with Crippen LogP contribution in [0.3, 0.4) is 0 Å². The average Bonchev–Trinajstić information content (AvgIpc) is 2.70. The summed E-state index contributed by atoms with van der Waals surface area (Å²) in [6, 6.07) is 0.607. The number of hydrogen-bond donors (Lipinski definition) is 0. The molecule has 2 aliphatic rings. The van der Waals surface area contributed by atoms with Crippen molar-refractivity contribution in [2.75, 3.05) is 13.2 Å². The number of fused-ring (bicyclic) bond motifs is 1. The van der Waals surface area contributed by atoms with Gasteiger partial charge in [0.05, 0.1) is 5.69 Å². The first-order chi connectivity index (χ1) is 8.27. The molecule has 3 heterocycles. The lowest BCUT2D eigenvalue weighted by atomic mass is 9.97. The Morgan fingerprint density at radius 3 is 2.82 bits per heavy atom. The fraction of sp³-hybridized carbons (Fsp3) is 0.769. The molecule has 1 fully saturated rings. The molecule has 0 bridgehead atoms. The van der Waals surface area contributed by atoms with Crippen molar-refractivity contribution in [3.63, 3.8) is 0 Å². The molecule has 3 nitrogen and oxygen atoms in total. The van der Waals surface area contributed by atoms with Crippen LogP contribution in [0.2, 0.25) is 0 Å². The first-order valence-electron chi connectivity index (χ1n) is 6.61. The summed E-state index contributed by atoms with van der Waals surface area (Å²) >= 11 is 3.63. The molecule has 1 aromatic heterocycles. The fourth-order valence-electron chi connectivity index (χ4n) is 3.11. The largest absolute Gasteiger partial charge is 0.381 e. The van der Waals surface area contributed by atoms with Crippen LogP contribution in [0.25, 0.3) is 0 Å². The molecule has 4 heteroatoms. The minimum atomic E-state index is 0.592.